The first-order chi connectivity index (χ1) is 13.3. The number of hydrogen-bond donors (Lipinski definition) is 0. The molecule has 1 amide bonds. The maximum absolute atomic E-state index is 12.9. The highest BCUT2D eigenvalue weighted by molar-refractivity contribution is 9.10. The van der Waals surface area contributed by atoms with Crippen LogP contribution in [-0.4, -0.2) is 92.1 Å². The second kappa shape index (κ2) is 7.75. The quantitative estimate of drug-likeness (QED) is 0.678. The number of piperazine rings is 2. The van der Waals surface area contributed by atoms with Crippen molar-refractivity contribution >= 4 is 43.0 Å². The third-order valence-electron chi connectivity index (χ3n) is 5.33. The van der Waals surface area contributed by atoms with Crippen LogP contribution in [0.1, 0.15) is 10.6 Å². The van der Waals surface area contributed by atoms with Crippen molar-refractivity contribution in [2.45, 2.75) is 0 Å². The third-order valence-corrected chi connectivity index (χ3v) is 7.86. The van der Waals surface area contributed by atoms with Gasteiger partial charge in [0.15, 0.2) is 5.76 Å². The molecule has 3 heterocycles. The normalized spacial score (nSPS) is 20.7. The van der Waals surface area contributed by atoms with Crippen molar-refractivity contribution in [2.75, 3.05) is 59.4 Å². The largest absolute Gasteiger partial charge is 0.451 e. The minimum absolute atomic E-state index is 0.205. The molecule has 0 atom stereocenters. The summed E-state index contributed by atoms with van der Waals surface area (Å²) < 4.78 is 35.3. The summed E-state index contributed by atoms with van der Waals surface area (Å²) in [5.41, 5.74) is 0.655. The Balaban J connectivity index is 1.41. The van der Waals surface area contributed by atoms with Crippen molar-refractivity contribution < 1.29 is 17.6 Å². The fourth-order valence-corrected chi connectivity index (χ4v) is 5.53. The van der Waals surface area contributed by atoms with Crippen LogP contribution in [0, 0.1) is 0 Å². The molecule has 0 unspecified atom stereocenters. The molecule has 2 saturated heterocycles. The van der Waals surface area contributed by atoms with E-state index in [9.17, 15) is 13.2 Å². The molecule has 0 bridgehead atoms. The number of likely N-dealkylation sites (N-methyl/N-ethyl adjacent to an activating group) is 1. The van der Waals surface area contributed by atoms with E-state index in [0.717, 1.165) is 22.9 Å². The molecule has 4 rings (SSSR count). The summed E-state index contributed by atoms with van der Waals surface area (Å²) in [4.78, 5) is 16.6. The third kappa shape index (κ3) is 3.84. The van der Waals surface area contributed by atoms with E-state index in [1.54, 1.807) is 15.3 Å². The van der Waals surface area contributed by atoms with Crippen molar-refractivity contribution in [3.8, 4) is 0 Å². The minimum Gasteiger partial charge on any atom is -0.451 e. The fourth-order valence-electron chi connectivity index (χ4n) is 3.58. The first kappa shape index (κ1) is 19.8. The molecule has 0 N–H and O–H groups in total. The van der Waals surface area contributed by atoms with Crippen LogP contribution in [-0.2, 0) is 10.2 Å². The van der Waals surface area contributed by atoms with Gasteiger partial charge in [0.25, 0.3) is 16.1 Å². The van der Waals surface area contributed by atoms with Gasteiger partial charge in [-0.2, -0.15) is 17.0 Å². The first-order valence-corrected chi connectivity index (χ1v) is 11.5. The Labute approximate surface area is 173 Å². The van der Waals surface area contributed by atoms with E-state index in [4.69, 9.17) is 4.42 Å². The lowest BCUT2D eigenvalue weighted by atomic mass is 10.2. The number of furan rings is 1. The molecule has 152 valence electrons. The number of amides is 1. The number of benzene rings is 1. The van der Waals surface area contributed by atoms with Gasteiger partial charge < -0.3 is 14.2 Å². The molecule has 0 saturated carbocycles. The molecule has 2 fully saturated rings. The molecule has 28 heavy (non-hydrogen) atoms. The van der Waals surface area contributed by atoms with Crippen molar-refractivity contribution in [3.63, 3.8) is 0 Å². The number of nitrogens with zero attached hydrogens (tertiary/aromatic N) is 4. The van der Waals surface area contributed by atoms with Gasteiger partial charge in [0.1, 0.15) is 5.58 Å². The van der Waals surface area contributed by atoms with Crippen LogP contribution in [0.2, 0.25) is 0 Å². The predicted octanol–water partition coefficient (Wildman–Crippen LogP) is 1.45. The molecule has 2 aromatic rings. The van der Waals surface area contributed by atoms with Crippen LogP contribution in [0.25, 0.3) is 11.0 Å². The van der Waals surface area contributed by atoms with Gasteiger partial charge >= 0.3 is 0 Å². The number of carbonyl (C=O) groups is 1. The average Bonchev–Trinajstić information content (AvgIpc) is 3.11. The van der Waals surface area contributed by atoms with Gasteiger partial charge in [0.05, 0.1) is 0 Å². The summed E-state index contributed by atoms with van der Waals surface area (Å²) in [5.74, 6) is 0.0763. The van der Waals surface area contributed by atoms with Crippen LogP contribution in [0.4, 0.5) is 0 Å². The molecule has 10 heteroatoms. The molecule has 2 aliphatic rings. The molecule has 0 aliphatic carbocycles. The number of rotatable bonds is 3. The van der Waals surface area contributed by atoms with Gasteiger partial charge in [-0.15, -0.1) is 0 Å². The average molecular weight is 471 g/mol. The summed E-state index contributed by atoms with van der Waals surface area (Å²) in [6.45, 7) is 3.79. The minimum atomic E-state index is -3.47. The van der Waals surface area contributed by atoms with Crippen LogP contribution >= 0.6 is 15.9 Å². The Morgan fingerprint density at radius 2 is 1.57 bits per heavy atom. The second-order valence-corrected chi connectivity index (χ2v) is 10.0. The number of halogens is 1. The van der Waals surface area contributed by atoms with Crippen molar-refractivity contribution in [1.29, 1.82) is 0 Å². The van der Waals surface area contributed by atoms with Crippen LogP contribution in [0.5, 0.6) is 0 Å². The lowest BCUT2D eigenvalue weighted by Gasteiger charge is -2.38. The Kier molecular flexibility index (Phi) is 5.49. The van der Waals surface area contributed by atoms with Gasteiger partial charge in [-0.05, 0) is 31.3 Å². The highest BCUT2D eigenvalue weighted by Gasteiger charge is 2.35. The zero-order chi connectivity index (χ0) is 19.9. The summed E-state index contributed by atoms with van der Waals surface area (Å²) >= 11 is 3.41. The van der Waals surface area contributed by atoms with Crippen LogP contribution in [0.15, 0.2) is 33.2 Å². The molecule has 8 nitrogen and oxygen atoms in total. The second-order valence-electron chi connectivity index (χ2n) is 7.19. The number of carbonyl (C=O) groups excluding carboxylic acids is 1. The van der Waals surface area contributed by atoms with E-state index in [-0.39, 0.29) is 11.7 Å². The SMILES string of the molecule is CN1CCN(S(=O)(=O)N2CCN(C(=O)c3cc4cc(Br)ccc4o3)CC2)CC1. The monoisotopic (exact) mass is 470 g/mol. The Morgan fingerprint density at radius 1 is 0.964 bits per heavy atom. The van der Waals surface area contributed by atoms with E-state index in [2.05, 4.69) is 20.8 Å². The molecule has 0 radical (unpaired) electrons. The fraction of sp³-hybridized carbons (Fsp3) is 0.500. The van der Waals surface area contributed by atoms with Gasteiger partial charge in [-0.3, -0.25) is 4.79 Å². The first-order valence-electron chi connectivity index (χ1n) is 9.27. The zero-order valence-electron chi connectivity index (χ0n) is 15.7. The van der Waals surface area contributed by atoms with Gasteiger partial charge in [-0.25, -0.2) is 0 Å². The summed E-state index contributed by atoms with van der Waals surface area (Å²) in [7, 11) is -1.48. The van der Waals surface area contributed by atoms with Gasteiger partial charge in [-0.1, -0.05) is 15.9 Å². The highest BCUT2D eigenvalue weighted by atomic mass is 79.9. The maximum Gasteiger partial charge on any atom is 0.289 e. The molecule has 1 aromatic carbocycles. The maximum atomic E-state index is 12.9. The highest BCUT2D eigenvalue weighted by Crippen LogP contribution is 2.24. The molecule has 0 spiro atoms. The lowest BCUT2D eigenvalue weighted by Crippen LogP contribution is -2.57. The Hall–Kier alpha value is -1.46. The predicted molar refractivity (Wildman–Crippen MR) is 109 cm³/mol. The lowest BCUT2D eigenvalue weighted by molar-refractivity contribution is 0.0663. The van der Waals surface area contributed by atoms with E-state index in [1.165, 1.54) is 4.31 Å². The smallest absolute Gasteiger partial charge is 0.289 e. The summed E-state index contributed by atoms with van der Waals surface area (Å²) in [5, 5.41) is 0.856. The topological polar surface area (TPSA) is 77.3 Å². The summed E-state index contributed by atoms with van der Waals surface area (Å²) in [6, 6.07) is 7.31. The number of fused-ring (bicyclic) bond motifs is 1. The Morgan fingerprint density at radius 3 is 2.21 bits per heavy atom. The Bertz CT molecular complexity index is 977. The van der Waals surface area contributed by atoms with E-state index < -0.39 is 10.2 Å². The van der Waals surface area contributed by atoms with E-state index in [0.29, 0.717) is 44.9 Å². The van der Waals surface area contributed by atoms with Crippen molar-refractivity contribution in [2.24, 2.45) is 0 Å². The standard InChI is InChI=1S/C18H23BrN4O4S/c1-20-4-8-22(9-5-20)28(25,26)23-10-6-21(7-11-23)18(24)17-13-14-12-15(19)2-3-16(14)27-17/h2-3,12-13H,4-11H2,1H3. The molecular weight excluding hydrogens is 448 g/mol. The van der Waals surface area contributed by atoms with Crippen LogP contribution in [0.3, 0.4) is 0 Å². The van der Waals surface area contributed by atoms with E-state index in [1.807, 2.05) is 25.2 Å². The molecule has 2 aliphatic heterocycles. The van der Waals surface area contributed by atoms with Gasteiger partial charge in [0, 0.05) is 62.2 Å². The zero-order valence-corrected chi connectivity index (χ0v) is 18.1. The number of hydrogen-bond acceptors (Lipinski definition) is 5. The van der Waals surface area contributed by atoms with Crippen molar-refractivity contribution in [1.82, 2.24) is 18.4 Å². The summed E-state index contributed by atoms with van der Waals surface area (Å²) in [6.07, 6.45) is 0. The van der Waals surface area contributed by atoms with Crippen LogP contribution < -0.4 is 0 Å². The van der Waals surface area contributed by atoms with Gasteiger partial charge in [0.2, 0.25) is 0 Å². The van der Waals surface area contributed by atoms with Crippen molar-refractivity contribution in [3.05, 3.63) is 34.5 Å². The molecule has 1 aromatic heterocycles. The van der Waals surface area contributed by atoms with E-state index >= 15 is 0 Å². The molecular formula is C18H23BrN4O4S.